The van der Waals surface area contributed by atoms with Gasteiger partial charge in [0.05, 0.1) is 11.6 Å². The van der Waals surface area contributed by atoms with Gasteiger partial charge in [-0.3, -0.25) is 9.59 Å². The first kappa shape index (κ1) is 19.6. The maximum Gasteiger partial charge on any atom is 0.290 e. The normalized spacial score (nSPS) is 17.3. The topological polar surface area (TPSA) is 57.6 Å². The van der Waals surface area contributed by atoms with Crippen molar-refractivity contribution in [1.82, 2.24) is 4.90 Å². The molecule has 2 heterocycles. The van der Waals surface area contributed by atoms with Gasteiger partial charge in [-0.05, 0) is 48.1 Å². The Morgan fingerprint density at radius 3 is 2.48 bits per heavy atom. The van der Waals surface area contributed by atoms with Crippen molar-refractivity contribution in [3.63, 3.8) is 0 Å². The van der Waals surface area contributed by atoms with Crippen LogP contribution >= 0.6 is 22.9 Å². The summed E-state index contributed by atoms with van der Waals surface area (Å²) in [7, 11) is 0. The largest absolute Gasteiger partial charge is 0.503 e. The van der Waals surface area contributed by atoms with Gasteiger partial charge in [-0.15, -0.1) is 11.3 Å². The van der Waals surface area contributed by atoms with Crippen LogP contribution in [0.3, 0.4) is 0 Å². The summed E-state index contributed by atoms with van der Waals surface area (Å²) in [5.41, 5.74) is 2.27. The molecule has 142 valence electrons. The number of ketones is 1. The number of aliphatic hydroxyl groups excluding tert-OH is 1. The van der Waals surface area contributed by atoms with Gasteiger partial charge < -0.3 is 10.0 Å². The lowest BCUT2D eigenvalue weighted by molar-refractivity contribution is -0.129. The second kappa shape index (κ2) is 7.87. The Balaban J connectivity index is 1.94. The molecule has 1 unspecified atom stereocenters. The zero-order valence-electron chi connectivity index (χ0n) is 15.5. The highest BCUT2D eigenvalue weighted by atomic mass is 35.5. The molecule has 1 aromatic carbocycles. The number of rotatable bonds is 6. The predicted molar refractivity (Wildman–Crippen MR) is 108 cm³/mol. The third-order valence-electron chi connectivity index (χ3n) is 4.80. The number of carbonyl (C=O) groups is 2. The number of hydrogen-bond donors (Lipinski definition) is 1. The first-order valence-electron chi connectivity index (χ1n) is 8.88. The van der Waals surface area contributed by atoms with Crippen LogP contribution in [-0.4, -0.2) is 28.2 Å². The number of amides is 1. The van der Waals surface area contributed by atoms with E-state index in [2.05, 4.69) is 0 Å². The van der Waals surface area contributed by atoms with E-state index in [9.17, 15) is 14.7 Å². The summed E-state index contributed by atoms with van der Waals surface area (Å²) in [4.78, 5) is 28.1. The molecule has 0 aliphatic carbocycles. The lowest BCUT2D eigenvalue weighted by Gasteiger charge is -2.27. The van der Waals surface area contributed by atoms with Crippen molar-refractivity contribution in [2.45, 2.75) is 33.2 Å². The summed E-state index contributed by atoms with van der Waals surface area (Å²) < 4.78 is 0. The van der Waals surface area contributed by atoms with Crippen molar-refractivity contribution >= 4 is 34.6 Å². The van der Waals surface area contributed by atoms with E-state index in [0.29, 0.717) is 18.0 Å². The van der Waals surface area contributed by atoms with E-state index >= 15 is 0 Å². The fourth-order valence-corrected chi connectivity index (χ4v) is 4.46. The minimum Gasteiger partial charge on any atom is -0.503 e. The van der Waals surface area contributed by atoms with E-state index in [1.807, 2.05) is 42.6 Å². The maximum absolute atomic E-state index is 12.8. The molecule has 1 aromatic heterocycles. The quantitative estimate of drug-likeness (QED) is 0.748. The average Bonchev–Trinajstić information content (AvgIpc) is 3.15. The van der Waals surface area contributed by atoms with Crippen molar-refractivity contribution in [2.24, 2.45) is 5.92 Å². The van der Waals surface area contributed by atoms with Gasteiger partial charge in [0.1, 0.15) is 0 Å². The highest BCUT2D eigenvalue weighted by Gasteiger charge is 2.44. The first-order chi connectivity index (χ1) is 12.8. The molecule has 0 radical (unpaired) electrons. The number of thiophene rings is 1. The summed E-state index contributed by atoms with van der Waals surface area (Å²) in [5, 5.41) is 13.1. The highest BCUT2D eigenvalue weighted by molar-refractivity contribution is 7.10. The summed E-state index contributed by atoms with van der Waals surface area (Å²) >= 11 is 7.43. The van der Waals surface area contributed by atoms with Crippen molar-refractivity contribution in [2.75, 3.05) is 6.54 Å². The molecule has 1 amide bonds. The van der Waals surface area contributed by atoms with Gasteiger partial charge in [-0.25, -0.2) is 0 Å². The number of aryl methyl sites for hydroxylation is 1. The Morgan fingerprint density at radius 2 is 1.93 bits per heavy atom. The standard InChI is InChI=1S/C21H22ClNO3S/c1-12(2)18(24)16-17(20-13(3)9-11-27-20)23(21(26)19(16)25)10-8-14-4-6-15(22)7-5-14/h4-7,9,11-12,17,25H,8,10H2,1-3H3. The number of nitrogens with zero attached hydrogens (tertiary/aromatic N) is 1. The molecule has 0 bridgehead atoms. The molecule has 4 nitrogen and oxygen atoms in total. The predicted octanol–water partition coefficient (Wildman–Crippen LogP) is 4.87. The number of Topliss-reactive ketones (excluding diaryl/α,β-unsaturated/α-hetero) is 1. The van der Waals surface area contributed by atoms with Crippen LogP contribution in [0.25, 0.3) is 0 Å². The number of hydrogen-bond acceptors (Lipinski definition) is 4. The third-order valence-corrected chi connectivity index (χ3v) is 6.12. The molecular weight excluding hydrogens is 382 g/mol. The molecule has 1 aliphatic heterocycles. The molecule has 3 rings (SSSR count). The second-order valence-corrected chi connectivity index (χ2v) is 8.41. The van der Waals surface area contributed by atoms with E-state index in [4.69, 9.17) is 11.6 Å². The highest BCUT2D eigenvalue weighted by Crippen LogP contribution is 2.42. The van der Waals surface area contributed by atoms with Gasteiger partial charge in [0.15, 0.2) is 11.5 Å². The van der Waals surface area contributed by atoms with Gasteiger partial charge in [-0.2, -0.15) is 0 Å². The van der Waals surface area contributed by atoms with Crippen LogP contribution < -0.4 is 0 Å². The second-order valence-electron chi connectivity index (χ2n) is 7.03. The molecule has 6 heteroatoms. The van der Waals surface area contributed by atoms with Gasteiger partial charge >= 0.3 is 0 Å². The van der Waals surface area contributed by atoms with Crippen LogP contribution in [0.4, 0.5) is 0 Å². The van der Waals surface area contributed by atoms with Crippen LogP contribution in [0.15, 0.2) is 47.0 Å². The molecule has 27 heavy (non-hydrogen) atoms. The Morgan fingerprint density at radius 1 is 1.26 bits per heavy atom. The number of halogens is 1. The number of carbonyl (C=O) groups excluding carboxylic acids is 2. The third kappa shape index (κ3) is 3.80. The fraction of sp³-hybridized carbons (Fsp3) is 0.333. The van der Waals surface area contributed by atoms with Crippen molar-refractivity contribution in [1.29, 1.82) is 0 Å². The summed E-state index contributed by atoms with van der Waals surface area (Å²) in [6, 6.07) is 8.90. The molecular formula is C21H22ClNO3S. The van der Waals surface area contributed by atoms with Crippen LogP contribution in [0, 0.1) is 12.8 Å². The van der Waals surface area contributed by atoms with E-state index < -0.39 is 17.7 Å². The van der Waals surface area contributed by atoms with Gasteiger partial charge in [-0.1, -0.05) is 37.6 Å². The fourth-order valence-electron chi connectivity index (χ4n) is 3.28. The Hall–Kier alpha value is -2.11. The van der Waals surface area contributed by atoms with Crippen LogP contribution in [0.2, 0.25) is 5.02 Å². The molecule has 2 aromatic rings. The van der Waals surface area contributed by atoms with Crippen molar-refractivity contribution in [3.05, 3.63) is 68.1 Å². The molecule has 1 aliphatic rings. The average molecular weight is 404 g/mol. The summed E-state index contributed by atoms with van der Waals surface area (Å²) in [6.07, 6.45) is 0.611. The zero-order valence-corrected chi connectivity index (χ0v) is 17.1. The number of aliphatic hydroxyl groups is 1. The van der Waals surface area contributed by atoms with Crippen molar-refractivity contribution < 1.29 is 14.7 Å². The Labute approximate surface area is 168 Å². The van der Waals surface area contributed by atoms with E-state index in [1.165, 1.54) is 11.3 Å². The van der Waals surface area contributed by atoms with Gasteiger partial charge in [0, 0.05) is 22.4 Å². The summed E-state index contributed by atoms with van der Waals surface area (Å²) in [6.45, 7) is 5.92. The van der Waals surface area contributed by atoms with E-state index in [-0.39, 0.29) is 17.3 Å². The molecule has 0 spiro atoms. The van der Waals surface area contributed by atoms with E-state index in [1.54, 1.807) is 18.7 Å². The van der Waals surface area contributed by atoms with Crippen LogP contribution in [0.1, 0.15) is 35.9 Å². The molecule has 0 saturated heterocycles. The van der Waals surface area contributed by atoms with E-state index in [0.717, 1.165) is 16.0 Å². The van der Waals surface area contributed by atoms with Crippen LogP contribution in [-0.2, 0) is 16.0 Å². The van der Waals surface area contributed by atoms with Gasteiger partial charge in [0.2, 0.25) is 0 Å². The molecule has 0 fully saturated rings. The lowest BCUT2D eigenvalue weighted by atomic mass is 9.93. The minimum atomic E-state index is -0.528. The minimum absolute atomic E-state index is 0.187. The smallest absolute Gasteiger partial charge is 0.290 e. The summed E-state index contributed by atoms with van der Waals surface area (Å²) in [5.74, 6) is -1.38. The lowest BCUT2D eigenvalue weighted by Crippen LogP contribution is -2.33. The Bertz CT molecular complexity index is 898. The monoisotopic (exact) mass is 403 g/mol. The SMILES string of the molecule is Cc1ccsc1C1C(C(=O)C(C)C)=C(O)C(=O)N1CCc1ccc(Cl)cc1. The zero-order chi connectivity index (χ0) is 19.7. The van der Waals surface area contributed by atoms with Crippen molar-refractivity contribution in [3.8, 4) is 0 Å². The molecule has 1 N–H and O–H groups in total. The molecule has 0 saturated carbocycles. The first-order valence-corrected chi connectivity index (χ1v) is 10.1. The van der Waals surface area contributed by atoms with Crippen LogP contribution in [0.5, 0.6) is 0 Å². The van der Waals surface area contributed by atoms with Gasteiger partial charge in [0.25, 0.3) is 5.91 Å². The Kier molecular flexibility index (Phi) is 5.72. The maximum atomic E-state index is 12.8. The molecule has 1 atom stereocenters. The number of benzene rings is 1.